The van der Waals surface area contributed by atoms with E-state index < -0.39 is 29.3 Å². The van der Waals surface area contributed by atoms with Crippen LogP contribution in [0.3, 0.4) is 0 Å². The van der Waals surface area contributed by atoms with Gasteiger partial charge < -0.3 is 29.2 Å². The molecule has 0 bridgehead atoms. The topological polar surface area (TPSA) is 146 Å². The molecule has 5 aromatic carbocycles. The van der Waals surface area contributed by atoms with Gasteiger partial charge in [-0.1, -0.05) is 20.8 Å². The van der Waals surface area contributed by atoms with Crippen LogP contribution >= 0.6 is 0 Å². The molecule has 0 saturated carbocycles. The van der Waals surface area contributed by atoms with Gasteiger partial charge in [0, 0.05) is 5.56 Å². The van der Waals surface area contributed by atoms with E-state index in [1.54, 1.807) is 12.1 Å². The summed E-state index contributed by atoms with van der Waals surface area (Å²) in [5.74, 6) is -1.55. The van der Waals surface area contributed by atoms with Gasteiger partial charge in [-0.2, -0.15) is 0 Å². The summed E-state index contributed by atoms with van der Waals surface area (Å²) in [6.07, 6.45) is 0. The Bertz CT molecular complexity index is 1950. The predicted octanol–water partition coefficient (Wildman–Crippen LogP) is 7.27. The lowest BCUT2D eigenvalue weighted by Crippen LogP contribution is -2.17. The molecule has 0 heterocycles. The Hall–Kier alpha value is -6.42. The van der Waals surface area contributed by atoms with E-state index in [2.05, 4.69) is 0 Å². The maximum atomic E-state index is 13.0. The molecule has 0 amide bonds. The highest BCUT2D eigenvalue weighted by Gasteiger charge is 2.23. The van der Waals surface area contributed by atoms with Crippen molar-refractivity contribution < 1.29 is 48.3 Å². The van der Waals surface area contributed by atoms with Crippen LogP contribution in [0.25, 0.3) is 0 Å². The first kappa shape index (κ1) is 33.0. The number of aromatic hydroxyl groups is 2. The van der Waals surface area contributed by atoms with Gasteiger partial charge in [0.1, 0.15) is 34.5 Å². The van der Waals surface area contributed by atoms with E-state index in [-0.39, 0.29) is 56.8 Å². The maximum Gasteiger partial charge on any atom is 0.343 e. The standard InChI is InChI=1S/C38H30O10/c1-38(2,3)32-22-31(47-36(43)25-8-16-29(17-9-25)45-34(41)23-4-12-27(39)13-5-23)20-21-33(32)48-37(44)26-10-18-30(19-11-26)46-35(42)24-6-14-28(40)15-7-24/h4-22,39-40H,1-3H3. The fraction of sp³-hybridized carbons (Fsp3) is 0.105. The number of hydrogen-bond acceptors (Lipinski definition) is 10. The van der Waals surface area contributed by atoms with Crippen LogP contribution in [0, 0.1) is 0 Å². The monoisotopic (exact) mass is 646 g/mol. The Kier molecular flexibility index (Phi) is 9.56. The summed E-state index contributed by atoms with van der Waals surface area (Å²) < 4.78 is 22.0. The average molecular weight is 647 g/mol. The molecule has 2 N–H and O–H groups in total. The van der Waals surface area contributed by atoms with Crippen LogP contribution in [0.2, 0.25) is 0 Å². The van der Waals surface area contributed by atoms with Crippen LogP contribution in [-0.4, -0.2) is 34.1 Å². The Morgan fingerprint density at radius 3 is 1.12 bits per heavy atom. The molecule has 0 saturated heterocycles. The molecule has 48 heavy (non-hydrogen) atoms. The van der Waals surface area contributed by atoms with Crippen molar-refractivity contribution in [2.75, 3.05) is 0 Å². The molecule has 0 aliphatic carbocycles. The number of hydrogen-bond donors (Lipinski definition) is 2. The van der Waals surface area contributed by atoms with Gasteiger partial charge in [0.2, 0.25) is 0 Å². The average Bonchev–Trinajstić information content (AvgIpc) is 3.06. The molecule has 0 atom stereocenters. The van der Waals surface area contributed by atoms with Crippen LogP contribution < -0.4 is 18.9 Å². The molecule has 5 aromatic rings. The van der Waals surface area contributed by atoms with Crippen molar-refractivity contribution in [1.82, 2.24) is 0 Å². The highest BCUT2D eigenvalue weighted by atomic mass is 16.5. The largest absolute Gasteiger partial charge is 0.508 e. The second-order valence-corrected chi connectivity index (χ2v) is 11.6. The van der Waals surface area contributed by atoms with Crippen molar-refractivity contribution in [1.29, 1.82) is 0 Å². The number of rotatable bonds is 8. The SMILES string of the molecule is CC(C)(C)c1cc(OC(=O)c2ccc(OC(=O)c3ccc(O)cc3)cc2)ccc1OC(=O)c1ccc(OC(=O)c2ccc(O)cc2)cc1. The first-order chi connectivity index (χ1) is 22.9. The van der Waals surface area contributed by atoms with E-state index in [0.29, 0.717) is 5.56 Å². The zero-order valence-corrected chi connectivity index (χ0v) is 26.1. The van der Waals surface area contributed by atoms with Crippen molar-refractivity contribution in [3.63, 3.8) is 0 Å². The number of esters is 4. The van der Waals surface area contributed by atoms with E-state index in [0.717, 1.165) is 0 Å². The van der Waals surface area contributed by atoms with E-state index in [1.807, 2.05) is 20.8 Å². The van der Waals surface area contributed by atoms with Crippen LogP contribution in [0.1, 0.15) is 67.8 Å². The first-order valence-corrected chi connectivity index (χ1v) is 14.7. The second kappa shape index (κ2) is 13.9. The van der Waals surface area contributed by atoms with Crippen LogP contribution in [0.4, 0.5) is 0 Å². The molecule has 0 aliphatic heterocycles. The van der Waals surface area contributed by atoms with Gasteiger partial charge in [0.05, 0.1) is 22.3 Å². The minimum atomic E-state index is -0.651. The normalized spacial score (nSPS) is 10.9. The highest BCUT2D eigenvalue weighted by Crippen LogP contribution is 2.35. The summed E-state index contributed by atoms with van der Waals surface area (Å²) >= 11 is 0. The lowest BCUT2D eigenvalue weighted by Gasteiger charge is -2.23. The van der Waals surface area contributed by atoms with Crippen molar-refractivity contribution in [2.45, 2.75) is 26.2 Å². The zero-order chi connectivity index (χ0) is 34.4. The highest BCUT2D eigenvalue weighted by molar-refractivity contribution is 5.94. The minimum absolute atomic E-state index is 0.0250. The number of carbonyl (C=O) groups excluding carboxylic acids is 4. The Morgan fingerprint density at radius 2 is 0.750 bits per heavy atom. The molecular formula is C38H30O10. The zero-order valence-electron chi connectivity index (χ0n) is 26.1. The van der Waals surface area contributed by atoms with Gasteiger partial charge in [-0.25, -0.2) is 19.2 Å². The Morgan fingerprint density at radius 1 is 0.438 bits per heavy atom. The van der Waals surface area contributed by atoms with Crippen molar-refractivity contribution in [3.8, 4) is 34.5 Å². The summed E-state index contributed by atoms with van der Waals surface area (Å²) in [6, 6.07) is 27.6. The van der Waals surface area contributed by atoms with Crippen LogP contribution in [0.5, 0.6) is 34.5 Å². The molecule has 5 rings (SSSR count). The third-order valence-electron chi connectivity index (χ3n) is 6.98. The summed E-state index contributed by atoms with van der Waals surface area (Å²) in [4.78, 5) is 50.6. The predicted molar refractivity (Wildman–Crippen MR) is 174 cm³/mol. The third-order valence-corrected chi connectivity index (χ3v) is 6.98. The van der Waals surface area contributed by atoms with E-state index in [1.165, 1.54) is 103 Å². The molecule has 0 aliphatic rings. The van der Waals surface area contributed by atoms with Gasteiger partial charge in [0.15, 0.2) is 0 Å². The molecule has 0 radical (unpaired) electrons. The van der Waals surface area contributed by atoms with Crippen molar-refractivity contribution in [3.05, 3.63) is 143 Å². The number of phenols is 2. The minimum Gasteiger partial charge on any atom is -0.508 e. The van der Waals surface area contributed by atoms with E-state index >= 15 is 0 Å². The number of phenolic OH excluding ortho intramolecular Hbond substituents is 2. The third kappa shape index (κ3) is 8.24. The van der Waals surface area contributed by atoms with E-state index in [9.17, 15) is 29.4 Å². The number of benzene rings is 5. The van der Waals surface area contributed by atoms with Crippen LogP contribution in [0.15, 0.2) is 115 Å². The fourth-order valence-corrected chi connectivity index (χ4v) is 4.42. The second-order valence-electron chi connectivity index (χ2n) is 11.6. The smallest absolute Gasteiger partial charge is 0.343 e. The molecular weight excluding hydrogens is 616 g/mol. The van der Waals surface area contributed by atoms with Crippen molar-refractivity contribution in [2.24, 2.45) is 0 Å². The van der Waals surface area contributed by atoms with Crippen LogP contribution in [-0.2, 0) is 5.41 Å². The number of ether oxygens (including phenoxy) is 4. The summed E-state index contributed by atoms with van der Waals surface area (Å²) in [5.41, 5.74) is 1.04. The molecule has 242 valence electrons. The van der Waals surface area contributed by atoms with Gasteiger partial charge in [-0.15, -0.1) is 0 Å². The van der Waals surface area contributed by atoms with Gasteiger partial charge >= 0.3 is 23.9 Å². The number of carbonyl (C=O) groups is 4. The lowest BCUT2D eigenvalue weighted by molar-refractivity contribution is 0.0714. The molecule has 0 aromatic heterocycles. The Labute approximate surface area is 275 Å². The molecule has 10 heteroatoms. The molecule has 0 spiro atoms. The molecule has 0 unspecified atom stereocenters. The van der Waals surface area contributed by atoms with Gasteiger partial charge in [0.25, 0.3) is 0 Å². The maximum absolute atomic E-state index is 13.0. The molecule has 10 nitrogen and oxygen atoms in total. The Balaban J connectivity index is 1.22. The summed E-state index contributed by atoms with van der Waals surface area (Å²) in [7, 11) is 0. The molecule has 0 fully saturated rings. The quantitative estimate of drug-likeness (QED) is 0.130. The van der Waals surface area contributed by atoms with Gasteiger partial charge in [-0.05, 0) is 121 Å². The van der Waals surface area contributed by atoms with E-state index in [4.69, 9.17) is 18.9 Å². The summed E-state index contributed by atoms with van der Waals surface area (Å²) in [5, 5.41) is 18.8. The fourth-order valence-electron chi connectivity index (χ4n) is 4.42. The first-order valence-electron chi connectivity index (χ1n) is 14.7. The van der Waals surface area contributed by atoms with Crippen molar-refractivity contribution >= 4 is 23.9 Å². The van der Waals surface area contributed by atoms with Gasteiger partial charge in [-0.3, -0.25) is 0 Å². The summed E-state index contributed by atoms with van der Waals surface area (Å²) in [6.45, 7) is 5.75. The lowest BCUT2D eigenvalue weighted by atomic mass is 9.86.